The van der Waals surface area contributed by atoms with Gasteiger partial charge in [0.1, 0.15) is 0 Å². The standard InChI is InChI=1S/C23H27BrN2O4/c1-29-20-8-7-18(13-21(20)30-2)23(28)26-11-9-16(10-12-26)15-25-22(27)14-17-5-3-4-6-19(17)24/h3-8,13,16H,9-12,14-15H2,1-2H3,(H,25,27). The summed E-state index contributed by atoms with van der Waals surface area (Å²) in [5.41, 5.74) is 1.57. The number of hydrogen-bond acceptors (Lipinski definition) is 4. The molecule has 1 saturated heterocycles. The molecule has 0 unspecified atom stereocenters. The highest BCUT2D eigenvalue weighted by Crippen LogP contribution is 2.28. The molecule has 160 valence electrons. The molecule has 30 heavy (non-hydrogen) atoms. The SMILES string of the molecule is COc1ccc(C(=O)N2CCC(CNC(=O)Cc3ccccc3Br)CC2)cc1OC. The summed E-state index contributed by atoms with van der Waals surface area (Å²) in [6, 6.07) is 13.0. The second-order valence-corrected chi connectivity index (χ2v) is 8.23. The number of ether oxygens (including phenoxy) is 2. The van der Waals surface area contributed by atoms with Crippen LogP contribution >= 0.6 is 15.9 Å². The van der Waals surface area contributed by atoms with E-state index in [4.69, 9.17) is 9.47 Å². The van der Waals surface area contributed by atoms with Crippen molar-refractivity contribution in [3.05, 3.63) is 58.1 Å². The first-order chi connectivity index (χ1) is 14.5. The second-order valence-electron chi connectivity index (χ2n) is 7.38. The van der Waals surface area contributed by atoms with E-state index in [9.17, 15) is 9.59 Å². The van der Waals surface area contributed by atoms with E-state index in [1.165, 1.54) is 0 Å². The summed E-state index contributed by atoms with van der Waals surface area (Å²) in [5.74, 6) is 1.54. The summed E-state index contributed by atoms with van der Waals surface area (Å²) in [6.45, 7) is 2.00. The molecule has 1 heterocycles. The first-order valence-corrected chi connectivity index (χ1v) is 10.8. The maximum atomic E-state index is 12.8. The third kappa shape index (κ3) is 5.53. The van der Waals surface area contributed by atoms with E-state index in [-0.39, 0.29) is 11.8 Å². The molecule has 2 amide bonds. The molecule has 2 aromatic rings. The zero-order chi connectivity index (χ0) is 21.5. The normalized spacial score (nSPS) is 14.3. The molecular formula is C23H27BrN2O4. The van der Waals surface area contributed by atoms with E-state index in [0.29, 0.717) is 49.0 Å². The summed E-state index contributed by atoms with van der Waals surface area (Å²) < 4.78 is 11.5. The lowest BCUT2D eigenvalue weighted by Crippen LogP contribution is -2.41. The molecule has 0 atom stereocenters. The van der Waals surface area contributed by atoms with Crippen LogP contribution in [0.5, 0.6) is 11.5 Å². The van der Waals surface area contributed by atoms with Gasteiger partial charge in [-0.2, -0.15) is 0 Å². The van der Waals surface area contributed by atoms with Gasteiger partial charge in [0, 0.05) is 29.7 Å². The summed E-state index contributed by atoms with van der Waals surface area (Å²) >= 11 is 3.48. The highest BCUT2D eigenvalue weighted by atomic mass is 79.9. The molecule has 7 heteroatoms. The topological polar surface area (TPSA) is 67.9 Å². The van der Waals surface area contributed by atoms with Crippen molar-refractivity contribution in [3.8, 4) is 11.5 Å². The minimum atomic E-state index is -0.00707. The highest BCUT2D eigenvalue weighted by molar-refractivity contribution is 9.10. The molecule has 0 spiro atoms. The first-order valence-electron chi connectivity index (χ1n) is 10.0. The van der Waals surface area contributed by atoms with Gasteiger partial charge in [-0.25, -0.2) is 0 Å². The third-order valence-electron chi connectivity index (χ3n) is 5.43. The summed E-state index contributed by atoms with van der Waals surface area (Å²) in [7, 11) is 3.13. The number of likely N-dealkylation sites (tertiary alicyclic amines) is 1. The van der Waals surface area contributed by atoms with Crippen molar-refractivity contribution in [3.63, 3.8) is 0 Å². The van der Waals surface area contributed by atoms with Gasteiger partial charge in [-0.05, 0) is 48.6 Å². The average Bonchev–Trinajstić information content (AvgIpc) is 2.78. The minimum Gasteiger partial charge on any atom is -0.493 e. The number of piperidine rings is 1. The van der Waals surface area contributed by atoms with Crippen LogP contribution in [0.1, 0.15) is 28.8 Å². The maximum absolute atomic E-state index is 12.8. The fourth-order valence-electron chi connectivity index (χ4n) is 3.63. The van der Waals surface area contributed by atoms with Crippen molar-refractivity contribution in [2.24, 2.45) is 5.92 Å². The predicted molar refractivity (Wildman–Crippen MR) is 119 cm³/mol. The van der Waals surface area contributed by atoms with Gasteiger partial charge in [0.2, 0.25) is 5.91 Å². The number of methoxy groups -OCH3 is 2. The number of benzene rings is 2. The highest BCUT2D eigenvalue weighted by Gasteiger charge is 2.24. The Morgan fingerprint density at radius 1 is 1.07 bits per heavy atom. The monoisotopic (exact) mass is 474 g/mol. The van der Waals surface area contributed by atoms with Crippen LogP contribution in [0.4, 0.5) is 0 Å². The molecule has 2 aromatic carbocycles. The molecule has 1 aliphatic heterocycles. The minimum absolute atomic E-state index is 0.00707. The molecule has 0 radical (unpaired) electrons. The third-order valence-corrected chi connectivity index (χ3v) is 6.20. The Morgan fingerprint density at radius 2 is 1.77 bits per heavy atom. The van der Waals surface area contributed by atoms with Gasteiger partial charge < -0.3 is 19.7 Å². The number of carbonyl (C=O) groups excluding carboxylic acids is 2. The van der Waals surface area contributed by atoms with Crippen molar-refractivity contribution >= 4 is 27.7 Å². The van der Waals surface area contributed by atoms with E-state index in [2.05, 4.69) is 21.2 Å². The lowest BCUT2D eigenvalue weighted by molar-refractivity contribution is -0.120. The fourth-order valence-corrected chi connectivity index (χ4v) is 4.05. The van der Waals surface area contributed by atoms with E-state index < -0.39 is 0 Å². The van der Waals surface area contributed by atoms with E-state index in [1.807, 2.05) is 29.2 Å². The number of halogens is 1. The first kappa shape index (κ1) is 22.2. The van der Waals surface area contributed by atoms with Crippen LogP contribution in [0, 0.1) is 5.92 Å². The number of nitrogens with zero attached hydrogens (tertiary/aromatic N) is 1. The molecule has 0 saturated carbocycles. The smallest absolute Gasteiger partial charge is 0.253 e. The number of nitrogens with one attached hydrogen (secondary N) is 1. The molecule has 1 fully saturated rings. The number of carbonyl (C=O) groups is 2. The largest absolute Gasteiger partial charge is 0.493 e. The summed E-state index contributed by atoms with van der Waals surface area (Å²) in [4.78, 5) is 27.0. The molecule has 0 bridgehead atoms. The van der Waals surface area contributed by atoms with Crippen LogP contribution in [0.3, 0.4) is 0 Å². The second kappa shape index (κ2) is 10.5. The molecule has 0 aliphatic carbocycles. The van der Waals surface area contributed by atoms with Crippen LogP contribution in [0.25, 0.3) is 0 Å². The van der Waals surface area contributed by atoms with Gasteiger partial charge in [0.25, 0.3) is 5.91 Å². The van der Waals surface area contributed by atoms with Crippen molar-refractivity contribution in [1.82, 2.24) is 10.2 Å². The fraction of sp³-hybridized carbons (Fsp3) is 0.391. The van der Waals surface area contributed by atoms with Crippen LogP contribution in [-0.2, 0) is 11.2 Å². The van der Waals surface area contributed by atoms with Crippen molar-refractivity contribution in [1.29, 1.82) is 0 Å². The van der Waals surface area contributed by atoms with Gasteiger partial charge >= 0.3 is 0 Å². The Hall–Kier alpha value is -2.54. The summed E-state index contributed by atoms with van der Waals surface area (Å²) in [6.07, 6.45) is 2.10. The van der Waals surface area contributed by atoms with E-state index in [0.717, 1.165) is 22.9 Å². The van der Waals surface area contributed by atoms with E-state index in [1.54, 1.807) is 32.4 Å². The van der Waals surface area contributed by atoms with Crippen LogP contribution in [-0.4, -0.2) is 50.6 Å². The van der Waals surface area contributed by atoms with Crippen molar-refractivity contribution < 1.29 is 19.1 Å². The zero-order valence-corrected chi connectivity index (χ0v) is 18.9. The van der Waals surface area contributed by atoms with Gasteiger partial charge in [0.05, 0.1) is 20.6 Å². The number of hydrogen-bond donors (Lipinski definition) is 1. The molecule has 6 nitrogen and oxygen atoms in total. The maximum Gasteiger partial charge on any atom is 0.253 e. The molecule has 1 aliphatic rings. The lowest BCUT2D eigenvalue weighted by atomic mass is 9.96. The number of rotatable bonds is 7. The van der Waals surface area contributed by atoms with Gasteiger partial charge in [-0.3, -0.25) is 9.59 Å². The molecule has 1 N–H and O–H groups in total. The van der Waals surface area contributed by atoms with E-state index >= 15 is 0 Å². The Kier molecular flexibility index (Phi) is 7.74. The molecule has 3 rings (SSSR count). The number of amides is 2. The quantitative estimate of drug-likeness (QED) is 0.664. The van der Waals surface area contributed by atoms with Gasteiger partial charge in [0.15, 0.2) is 11.5 Å². The average molecular weight is 475 g/mol. The molecular weight excluding hydrogens is 448 g/mol. The Balaban J connectivity index is 1.47. The van der Waals surface area contributed by atoms with Crippen LogP contribution in [0.2, 0.25) is 0 Å². The Bertz CT molecular complexity index is 895. The van der Waals surface area contributed by atoms with Crippen molar-refractivity contribution in [2.45, 2.75) is 19.3 Å². The lowest BCUT2D eigenvalue weighted by Gasteiger charge is -2.32. The Labute approximate surface area is 185 Å². The summed E-state index contributed by atoms with van der Waals surface area (Å²) in [5, 5.41) is 3.04. The van der Waals surface area contributed by atoms with Gasteiger partial charge in [-0.1, -0.05) is 34.1 Å². The van der Waals surface area contributed by atoms with Gasteiger partial charge in [-0.15, -0.1) is 0 Å². The predicted octanol–water partition coefficient (Wildman–Crippen LogP) is 3.68. The van der Waals surface area contributed by atoms with Crippen LogP contribution in [0.15, 0.2) is 46.9 Å². The zero-order valence-electron chi connectivity index (χ0n) is 17.3. The van der Waals surface area contributed by atoms with Crippen LogP contribution < -0.4 is 14.8 Å². The molecule has 0 aromatic heterocycles. The van der Waals surface area contributed by atoms with Crippen molar-refractivity contribution in [2.75, 3.05) is 33.9 Å². The Morgan fingerprint density at radius 3 is 2.43 bits per heavy atom.